The van der Waals surface area contributed by atoms with E-state index < -0.39 is 0 Å². The van der Waals surface area contributed by atoms with Crippen LogP contribution in [0.15, 0.2) is 4.42 Å². The number of hydrogen-bond donors (Lipinski definition) is 1. The first kappa shape index (κ1) is 17.8. The van der Waals surface area contributed by atoms with E-state index in [2.05, 4.69) is 22.0 Å². The Hall–Kier alpha value is -1.51. The fourth-order valence-corrected chi connectivity index (χ4v) is 2.65. The van der Waals surface area contributed by atoms with Gasteiger partial charge >= 0.3 is 0 Å². The highest BCUT2D eigenvalue weighted by atomic mass is 16.5. The van der Waals surface area contributed by atoms with Crippen molar-refractivity contribution in [1.29, 1.82) is 0 Å². The van der Waals surface area contributed by atoms with Crippen molar-refractivity contribution >= 4 is 6.41 Å². The van der Waals surface area contributed by atoms with Gasteiger partial charge in [-0.3, -0.25) is 14.9 Å². The number of rotatable bonds is 10. The maximum Gasteiger partial charge on any atom is 0.233 e. The first-order chi connectivity index (χ1) is 11.2. The van der Waals surface area contributed by atoms with Crippen molar-refractivity contribution in [2.45, 2.75) is 45.1 Å². The van der Waals surface area contributed by atoms with Gasteiger partial charge in [-0.1, -0.05) is 26.2 Å². The predicted molar refractivity (Wildman–Crippen MR) is 81.8 cm³/mol. The summed E-state index contributed by atoms with van der Waals surface area (Å²) in [4.78, 5) is 12.9. The van der Waals surface area contributed by atoms with Crippen molar-refractivity contribution in [3.05, 3.63) is 11.8 Å². The molecule has 1 saturated heterocycles. The van der Waals surface area contributed by atoms with Crippen molar-refractivity contribution in [1.82, 2.24) is 20.2 Å². The van der Waals surface area contributed by atoms with Gasteiger partial charge in [0.1, 0.15) is 0 Å². The number of morpholine rings is 1. The first-order valence-electron chi connectivity index (χ1n) is 8.26. The van der Waals surface area contributed by atoms with E-state index in [4.69, 9.17) is 9.15 Å². The van der Waals surface area contributed by atoms with Crippen LogP contribution in [-0.4, -0.2) is 64.6 Å². The average molecular weight is 326 g/mol. The molecule has 1 aliphatic heterocycles. The van der Waals surface area contributed by atoms with Crippen LogP contribution in [0.4, 0.5) is 0 Å². The number of amides is 1. The molecule has 1 N–H and O–H groups in total. The zero-order valence-corrected chi connectivity index (χ0v) is 13.7. The molecule has 2 heterocycles. The second-order valence-corrected chi connectivity index (χ2v) is 5.84. The summed E-state index contributed by atoms with van der Waals surface area (Å²) < 4.78 is 11.1. The van der Waals surface area contributed by atoms with Crippen LogP contribution >= 0.6 is 0 Å². The second-order valence-electron chi connectivity index (χ2n) is 5.84. The minimum absolute atomic E-state index is 0.136. The Balaban J connectivity index is 1.95. The first-order valence-corrected chi connectivity index (χ1v) is 8.26. The summed E-state index contributed by atoms with van der Waals surface area (Å²) in [6, 6.07) is 0. The SMILES string of the molecule is CCCCC[C@H](CN(O)C=O)c1nnc(CN2CCOCC2)o1. The number of hydroxylamine groups is 2. The van der Waals surface area contributed by atoms with Gasteiger partial charge in [0.15, 0.2) is 0 Å². The number of unbranched alkanes of at least 4 members (excludes halogenated alkanes) is 2. The normalized spacial score (nSPS) is 17.1. The van der Waals surface area contributed by atoms with Crippen LogP contribution in [0.2, 0.25) is 0 Å². The third kappa shape index (κ3) is 5.89. The average Bonchev–Trinajstić information content (AvgIpc) is 3.03. The van der Waals surface area contributed by atoms with Gasteiger partial charge in [0, 0.05) is 13.1 Å². The van der Waals surface area contributed by atoms with Crippen LogP contribution in [-0.2, 0) is 16.1 Å². The molecule has 23 heavy (non-hydrogen) atoms. The van der Waals surface area contributed by atoms with Crippen LogP contribution in [0.3, 0.4) is 0 Å². The van der Waals surface area contributed by atoms with Crippen LogP contribution in [0, 0.1) is 0 Å². The van der Waals surface area contributed by atoms with E-state index in [0.717, 1.165) is 52.0 Å². The lowest BCUT2D eigenvalue weighted by Crippen LogP contribution is -2.35. The Morgan fingerprint density at radius 1 is 1.35 bits per heavy atom. The van der Waals surface area contributed by atoms with Gasteiger partial charge in [0.2, 0.25) is 18.2 Å². The summed E-state index contributed by atoms with van der Waals surface area (Å²) in [5, 5.41) is 18.3. The topological polar surface area (TPSA) is 91.9 Å². The van der Waals surface area contributed by atoms with Crippen LogP contribution in [0.25, 0.3) is 0 Å². The van der Waals surface area contributed by atoms with E-state index >= 15 is 0 Å². The Labute approximate surface area is 136 Å². The molecular weight excluding hydrogens is 300 g/mol. The summed E-state index contributed by atoms with van der Waals surface area (Å²) >= 11 is 0. The lowest BCUT2D eigenvalue weighted by Gasteiger charge is -2.24. The smallest absolute Gasteiger partial charge is 0.233 e. The predicted octanol–water partition coefficient (Wildman–Crippen LogP) is 1.41. The van der Waals surface area contributed by atoms with Crippen molar-refractivity contribution in [3.63, 3.8) is 0 Å². The van der Waals surface area contributed by atoms with Gasteiger partial charge < -0.3 is 9.15 Å². The molecule has 0 aromatic carbocycles. The number of carbonyl (C=O) groups excluding carboxylic acids is 1. The molecule has 8 heteroatoms. The minimum Gasteiger partial charge on any atom is -0.424 e. The maximum absolute atomic E-state index is 10.7. The summed E-state index contributed by atoms with van der Waals surface area (Å²) in [5.41, 5.74) is 0. The second kappa shape index (κ2) is 9.59. The molecule has 8 nitrogen and oxygen atoms in total. The van der Waals surface area contributed by atoms with Crippen molar-refractivity contribution in [2.24, 2.45) is 0 Å². The fourth-order valence-electron chi connectivity index (χ4n) is 2.65. The molecule has 1 aromatic heterocycles. The Kier molecular flexibility index (Phi) is 7.44. The lowest BCUT2D eigenvalue weighted by molar-refractivity contribution is -0.151. The standard InChI is InChI=1S/C15H26N4O4/c1-2-3-4-5-13(10-19(21)12-20)15-17-16-14(23-15)11-18-6-8-22-9-7-18/h12-13,21H,2-11H2,1H3/t13-/m1/s1. The molecule has 0 bridgehead atoms. The third-order valence-electron chi connectivity index (χ3n) is 3.98. The number of aromatic nitrogens is 2. The highest BCUT2D eigenvalue weighted by Crippen LogP contribution is 2.22. The molecular formula is C15H26N4O4. The minimum atomic E-state index is -0.136. The zero-order chi connectivity index (χ0) is 16.5. The van der Waals surface area contributed by atoms with Crippen molar-refractivity contribution in [3.8, 4) is 0 Å². The molecule has 0 unspecified atom stereocenters. The summed E-state index contributed by atoms with van der Waals surface area (Å²) in [5.74, 6) is 0.922. The van der Waals surface area contributed by atoms with Crippen LogP contribution < -0.4 is 0 Å². The highest BCUT2D eigenvalue weighted by molar-refractivity contribution is 5.44. The summed E-state index contributed by atoms with van der Waals surface area (Å²) in [7, 11) is 0. The Morgan fingerprint density at radius 3 is 2.83 bits per heavy atom. The quantitative estimate of drug-likeness (QED) is 0.301. The lowest BCUT2D eigenvalue weighted by atomic mass is 10.0. The van der Waals surface area contributed by atoms with Crippen LogP contribution in [0.5, 0.6) is 0 Å². The fraction of sp³-hybridized carbons (Fsp3) is 0.800. The number of carbonyl (C=O) groups is 1. The molecule has 130 valence electrons. The molecule has 0 saturated carbocycles. The number of nitrogens with zero attached hydrogens (tertiary/aromatic N) is 4. The van der Waals surface area contributed by atoms with E-state index in [-0.39, 0.29) is 12.5 Å². The van der Waals surface area contributed by atoms with Gasteiger partial charge in [-0.2, -0.15) is 0 Å². The molecule has 0 aliphatic carbocycles. The van der Waals surface area contributed by atoms with Crippen molar-refractivity contribution in [2.75, 3.05) is 32.8 Å². The monoisotopic (exact) mass is 326 g/mol. The van der Waals surface area contributed by atoms with Gasteiger partial charge in [0.25, 0.3) is 0 Å². The molecule has 0 spiro atoms. The zero-order valence-electron chi connectivity index (χ0n) is 13.7. The molecule has 1 amide bonds. The van der Waals surface area contributed by atoms with E-state index in [1.807, 2.05) is 0 Å². The maximum atomic E-state index is 10.7. The summed E-state index contributed by atoms with van der Waals surface area (Å²) in [6.07, 6.45) is 4.40. The largest absolute Gasteiger partial charge is 0.424 e. The van der Waals surface area contributed by atoms with E-state index in [1.165, 1.54) is 0 Å². The molecule has 2 rings (SSSR count). The van der Waals surface area contributed by atoms with E-state index in [9.17, 15) is 10.0 Å². The molecule has 1 atom stereocenters. The molecule has 1 aromatic rings. The van der Waals surface area contributed by atoms with Crippen molar-refractivity contribution < 1.29 is 19.2 Å². The Morgan fingerprint density at radius 2 is 2.13 bits per heavy atom. The van der Waals surface area contributed by atoms with Crippen LogP contribution in [0.1, 0.15) is 50.3 Å². The molecule has 0 radical (unpaired) electrons. The van der Waals surface area contributed by atoms with Gasteiger partial charge in [-0.05, 0) is 6.42 Å². The van der Waals surface area contributed by atoms with Gasteiger partial charge in [-0.15, -0.1) is 10.2 Å². The third-order valence-corrected chi connectivity index (χ3v) is 3.98. The Bertz CT molecular complexity index is 462. The van der Waals surface area contributed by atoms with Gasteiger partial charge in [0.05, 0.1) is 32.2 Å². The molecule has 1 fully saturated rings. The number of hydrogen-bond acceptors (Lipinski definition) is 7. The molecule has 1 aliphatic rings. The van der Waals surface area contributed by atoms with E-state index in [1.54, 1.807) is 0 Å². The van der Waals surface area contributed by atoms with Gasteiger partial charge in [-0.25, -0.2) is 5.06 Å². The number of ether oxygens (including phenoxy) is 1. The highest BCUT2D eigenvalue weighted by Gasteiger charge is 2.22. The van der Waals surface area contributed by atoms with E-state index in [0.29, 0.717) is 29.8 Å². The summed E-state index contributed by atoms with van der Waals surface area (Å²) in [6.45, 7) is 6.06.